The summed E-state index contributed by atoms with van der Waals surface area (Å²) in [5, 5.41) is 4.56. The van der Waals surface area contributed by atoms with Crippen molar-refractivity contribution in [3.05, 3.63) is 90.6 Å². The Morgan fingerprint density at radius 3 is 2.47 bits per heavy atom. The van der Waals surface area contributed by atoms with Crippen LogP contribution in [0.5, 0.6) is 0 Å². The van der Waals surface area contributed by atoms with Gasteiger partial charge < -0.3 is 5.32 Å². The third-order valence-electron chi connectivity index (χ3n) is 6.97. The van der Waals surface area contributed by atoms with E-state index in [1.807, 2.05) is 24.3 Å². The van der Waals surface area contributed by atoms with Crippen LogP contribution in [-0.2, 0) is 10.0 Å². The normalized spacial score (nSPS) is 14.6. The van der Waals surface area contributed by atoms with Crippen molar-refractivity contribution in [2.24, 2.45) is 0 Å². The molecule has 6 rings (SSSR count). The predicted molar refractivity (Wildman–Crippen MR) is 151 cm³/mol. The summed E-state index contributed by atoms with van der Waals surface area (Å²) in [4.78, 5) is 13.5. The lowest BCUT2D eigenvalue weighted by molar-refractivity contribution is 0.462. The predicted octanol–water partition coefficient (Wildman–Crippen LogP) is 6.80. The van der Waals surface area contributed by atoms with E-state index in [0.29, 0.717) is 33.6 Å². The van der Waals surface area contributed by atoms with Gasteiger partial charge in [0.15, 0.2) is 5.65 Å². The van der Waals surface area contributed by atoms with Crippen molar-refractivity contribution in [3.8, 4) is 22.3 Å². The summed E-state index contributed by atoms with van der Waals surface area (Å²) in [6.07, 6.45) is 12.6. The van der Waals surface area contributed by atoms with Gasteiger partial charge in [0, 0.05) is 52.9 Å². The lowest BCUT2D eigenvalue weighted by Crippen LogP contribution is -2.22. The fraction of sp³-hybridized carbons (Fsp3) is 0.207. The molecule has 1 aliphatic rings. The smallest absolute Gasteiger partial charge is 0.269 e. The number of hydrogen-bond donors (Lipinski definition) is 1. The highest BCUT2D eigenvalue weighted by Crippen LogP contribution is 2.36. The lowest BCUT2D eigenvalue weighted by atomic mass is 9.95. The molecule has 1 aromatic carbocycles. The van der Waals surface area contributed by atoms with Crippen molar-refractivity contribution in [1.29, 1.82) is 0 Å². The van der Waals surface area contributed by atoms with Crippen molar-refractivity contribution in [1.82, 2.24) is 18.9 Å². The van der Waals surface area contributed by atoms with E-state index in [0.717, 1.165) is 29.5 Å². The molecule has 4 aromatic heterocycles. The molecule has 0 spiro atoms. The van der Waals surface area contributed by atoms with E-state index >= 15 is 0 Å². The summed E-state index contributed by atoms with van der Waals surface area (Å²) >= 11 is 6.49. The molecule has 9 heteroatoms. The van der Waals surface area contributed by atoms with Gasteiger partial charge in [-0.2, -0.15) is 0 Å². The molecule has 0 bridgehead atoms. The molecular formula is C29H26ClN5O2S. The van der Waals surface area contributed by atoms with Crippen LogP contribution in [0.2, 0.25) is 5.15 Å². The zero-order valence-electron chi connectivity index (χ0n) is 20.6. The summed E-state index contributed by atoms with van der Waals surface area (Å²) in [5.74, 6) is 0.683. The van der Waals surface area contributed by atoms with Gasteiger partial charge in [-0.25, -0.2) is 22.4 Å². The third-order valence-corrected chi connectivity index (χ3v) is 8.83. The fourth-order valence-electron chi connectivity index (χ4n) is 5.07. The molecular weight excluding hydrogens is 518 g/mol. The number of hydrogen-bond acceptors (Lipinski definition) is 6. The maximum atomic E-state index is 13.7. The number of halogens is 1. The minimum Gasteiger partial charge on any atom is -0.367 e. The van der Waals surface area contributed by atoms with Crippen LogP contribution in [0.25, 0.3) is 33.3 Å². The van der Waals surface area contributed by atoms with Crippen LogP contribution in [0.4, 0.5) is 5.82 Å². The molecule has 0 aliphatic heterocycles. The summed E-state index contributed by atoms with van der Waals surface area (Å²) in [5.41, 5.74) is 3.53. The largest absolute Gasteiger partial charge is 0.367 e. The van der Waals surface area contributed by atoms with Crippen LogP contribution in [0.1, 0.15) is 32.1 Å². The van der Waals surface area contributed by atoms with Crippen LogP contribution in [0.15, 0.2) is 90.3 Å². The van der Waals surface area contributed by atoms with E-state index in [1.54, 1.807) is 61.2 Å². The first kappa shape index (κ1) is 24.6. The Morgan fingerprint density at radius 1 is 0.895 bits per heavy atom. The minimum absolute atomic E-state index is 0.189. The Bertz CT molecular complexity index is 1700. The van der Waals surface area contributed by atoms with Gasteiger partial charge in [-0.1, -0.05) is 55.1 Å². The molecule has 0 amide bonds. The molecule has 38 heavy (non-hydrogen) atoms. The van der Waals surface area contributed by atoms with Crippen LogP contribution in [0.3, 0.4) is 0 Å². The minimum atomic E-state index is -3.90. The Kier molecular flexibility index (Phi) is 6.59. The maximum Gasteiger partial charge on any atom is 0.269 e. The summed E-state index contributed by atoms with van der Waals surface area (Å²) in [6.45, 7) is 0. The summed E-state index contributed by atoms with van der Waals surface area (Å²) in [7, 11) is -3.90. The Morgan fingerprint density at radius 2 is 1.71 bits per heavy atom. The second kappa shape index (κ2) is 10.2. The highest BCUT2D eigenvalue weighted by molar-refractivity contribution is 7.90. The third kappa shape index (κ3) is 4.77. The standard InChI is InChI=1S/C29H26ClN5O2S/c30-27-15-21(16-28(34-27)33-23-9-3-1-4-10-23)26-19-35(38(36,37)24-11-5-2-6-12-24)29-25(26)14-22(18-32-29)20-8-7-13-31-17-20/h2,5-8,11-19,23H,1,3-4,9-10H2,(H,33,34). The molecule has 0 atom stereocenters. The van der Waals surface area contributed by atoms with Crippen molar-refractivity contribution in [2.75, 3.05) is 5.32 Å². The Hall–Kier alpha value is -3.75. The van der Waals surface area contributed by atoms with Gasteiger partial charge in [0.25, 0.3) is 10.0 Å². The lowest BCUT2D eigenvalue weighted by Gasteiger charge is -2.23. The molecule has 0 unspecified atom stereocenters. The van der Waals surface area contributed by atoms with E-state index < -0.39 is 10.0 Å². The molecule has 5 aromatic rings. The first-order valence-corrected chi connectivity index (χ1v) is 14.5. The average Bonchev–Trinajstić information content (AvgIpc) is 3.34. The summed E-state index contributed by atoms with van der Waals surface area (Å²) < 4.78 is 28.7. The van der Waals surface area contributed by atoms with Crippen molar-refractivity contribution < 1.29 is 8.42 Å². The van der Waals surface area contributed by atoms with Gasteiger partial charge in [-0.15, -0.1) is 0 Å². The number of pyridine rings is 3. The van der Waals surface area contributed by atoms with Gasteiger partial charge in [0.1, 0.15) is 11.0 Å². The van der Waals surface area contributed by atoms with E-state index in [1.165, 1.54) is 23.2 Å². The van der Waals surface area contributed by atoms with Crippen molar-refractivity contribution in [2.45, 2.75) is 43.0 Å². The highest BCUT2D eigenvalue weighted by Gasteiger charge is 2.24. The number of benzene rings is 1. The van der Waals surface area contributed by atoms with E-state index in [9.17, 15) is 8.42 Å². The van der Waals surface area contributed by atoms with Crippen LogP contribution in [0, 0.1) is 0 Å². The SMILES string of the molecule is O=S(=O)(c1ccccc1)n1cc(-c2cc(Cl)nc(NC3CCCCC3)c2)c2cc(-c3cccnc3)cnc21. The molecule has 1 N–H and O–H groups in total. The second-order valence-corrected chi connectivity index (χ2v) is 11.7. The van der Waals surface area contributed by atoms with Crippen LogP contribution < -0.4 is 5.32 Å². The average molecular weight is 544 g/mol. The van der Waals surface area contributed by atoms with Gasteiger partial charge in [0.05, 0.1) is 4.90 Å². The molecule has 1 fully saturated rings. The first-order chi connectivity index (χ1) is 18.5. The van der Waals surface area contributed by atoms with Gasteiger partial charge >= 0.3 is 0 Å². The zero-order chi connectivity index (χ0) is 26.1. The van der Waals surface area contributed by atoms with Gasteiger partial charge in [0.2, 0.25) is 0 Å². The summed E-state index contributed by atoms with van der Waals surface area (Å²) in [6, 6.07) is 18.2. The topological polar surface area (TPSA) is 89.8 Å². The second-order valence-electron chi connectivity index (χ2n) is 9.54. The number of nitrogens with one attached hydrogen (secondary N) is 1. The van der Waals surface area contributed by atoms with E-state index in [4.69, 9.17) is 11.6 Å². The first-order valence-electron chi connectivity index (χ1n) is 12.7. The van der Waals surface area contributed by atoms with Gasteiger partial charge in [-0.05, 0) is 54.8 Å². The molecule has 1 aliphatic carbocycles. The Labute approximate surface area is 226 Å². The van der Waals surface area contributed by atoms with E-state index in [-0.39, 0.29) is 4.90 Å². The van der Waals surface area contributed by atoms with Crippen molar-refractivity contribution >= 4 is 38.5 Å². The number of rotatable bonds is 6. The molecule has 1 saturated carbocycles. The molecule has 7 nitrogen and oxygen atoms in total. The zero-order valence-corrected chi connectivity index (χ0v) is 22.2. The maximum absolute atomic E-state index is 13.7. The number of anilines is 1. The molecule has 4 heterocycles. The monoisotopic (exact) mass is 543 g/mol. The fourth-order valence-corrected chi connectivity index (χ4v) is 6.63. The number of nitrogens with zero attached hydrogens (tertiary/aromatic N) is 4. The van der Waals surface area contributed by atoms with Crippen molar-refractivity contribution in [3.63, 3.8) is 0 Å². The Balaban J connectivity index is 1.53. The quantitative estimate of drug-likeness (QED) is 0.237. The molecule has 192 valence electrons. The van der Waals surface area contributed by atoms with Crippen LogP contribution in [-0.4, -0.2) is 33.4 Å². The van der Waals surface area contributed by atoms with Crippen LogP contribution >= 0.6 is 11.6 Å². The van der Waals surface area contributed by atoms with Gasteiger partial charge in [-0.3, -0.25) is 4.98 Å². The number of aromatic nitrogens is 4. The highest BCUT2D eigenvalue weighted by atomic mass is 35.5. The van der Waals surface area contributed by atoms with E-state index in [2.05, 4.69) is 20.3 Å². The molecule has 0 saturated heterocycles. The molecule has 0 radical (unpaired) electrons. The number of fused-ring (bicyclic) bond motifs is 1.